The second-order valence-corrected chi connectivity index (χ2v) is 14.5. The predicted octanol–water partition coefficient (Wildman–Crippen LogP) is 13.5. The molecule has 4 heteroatoms. The maximum absolute atomic E-state index is 8.52. The van der Waals surface area contributed by atoms with Crippen LogP contribution in [0, 0.1) is 5.41 Å². The summed E-state index contributed by atoms with van der Waals surface area (Å²) in [6.07, 6.45) is 1.03. The zero-order chi connectivity index (χ0) is 36.4. The lowest BCUT2D eigenvalue weighted by molar-refractivity contribution is 0.669. The Labute approximate surface area is 318 Å². The van der Waals surface area contributed by atoms with E-state index in [-0.39, 0.29) is 5.84 Å². The van der Waals surface area contributed by atoms with Crippen LogP contribution in [0.1, 0.15) is 16.7 Å². The number of hydrogen-bond donors (Lipinski definition) is 2. The highest BCUT2D eigenvalue weighted by Gasteiger charge is 2.21. The van der Waals surface area contributed by atoms with Gasteiger partial charge in [0.2, 0.25) is 0 Å². The molecule has 0 atom stereocenters. The minimum Gasteiger partial charge on any atom is -0.456 e. The number of fused-ring (bicyclic) bond motifs is 6. The third-order valence-electron chi connectivity index (χ3n) is 9.99. The molecular weight excluding hydrogens is 677 g/mol. The molecule has 0 saturated carbocycles. The van der Waals surface area contributed by atoms with E-state index < -0.39 is 0 Å². The van der Waals surface area contributed by atoms with Crippen molar-refractivity contribution in [2.24, 2.45) is 5.73 Å². The molecule has 0 radical (unpaired) electrons. The Balaban J connectivity index is 0.000000250. The average Bonchev–Trinajstić information content (AvgIpc) is 3.81. The standard InChI is InChI=1S/C37H24N2OS.C13H12/c38-37(39)28-19-18-26(25-15-9-17-32-33(25)27-14-7-8-16-31(27)40-32)36-34(28)30-21-24(22-10-3-1-4-11-22)20-29(35(30)41-36)23-12-5-2-6-13-23;1-3-7-12(8-4-1)11-13-9-5-2-6-10-13/h1-21H,(H3,38,39);1-10H,11H2. The van der Waals surface area contributed by atoms with Gasteiger partial charge in [0, 0.05) is 47.6 Å². The average molecular weight is 713 g/mol. The topological polar surface area (TPSA) is 63.0 Å². The molecule has 8 aromatic carbocycles. The van der Waals surface area contributed by atoms with E-state index in [1.54, 1.807) is 11.3 Å². The summed E-state index contributed by atoms with van der Waals surface area (Å²) in [6, 6.07) is 65.2. The number of nitrogens with two attached hydrogens (primary N) is 1. The third-order valence-corrected chi connectivity index (χ3v) is 11.3. The van der Waals surface area contributed by atoms with Crippen LogP contribution in [0.2, 0.25) is 0 Å². The zero-order valence-electron chi connectivity index (χ0n) is 29.5. The highest BCUT2D eigenvalue weighted by Crippen LogP contribution is 2.48. The van der Waals surface area contributed by atoms with Crippen LogP contribution in [0.3, 0.4) is 0 Å². The van der Waals surface area contributed by atoms with Crippen molar-refractivity contribution < 1.29 is 4.42 Å². The normalized spacial score (nSPS) is 11.2. The molecule has 2 aromatic heterocycles. The number of benzene rings is 8. The Morgan fingerprint density at radius 2 is 1.06 bits per heavy atom. The van der Waals surface area contributed by atoms with E-state index in [0.29, 0.717) is 0 Å². The van der Waals surface area contributed by atoms with Crippen molar-refractivity contribution in [3.8, 4) is 33.4 Å². The van der Waals surface area contributed by atoms with Crippen LogP contribution >= 0.6 is 11.3 Å². The van der Waals surface area contributed by atoms with Gasteiger partial charge in [-0.05, 0) is 70.1 Å². The van der Waals surface area contributed by atoms with Gasteiger partial charge in [0.05, 0.1) is 0 Å². The Morgan fingerprint density at radius 1 is 0.463 bits per heavy atom. The summed E-state index contributed by atoms with van der Waals surface area (Å²) in [6.45, 7) is 0. The first kappa shape index (κ1) is 33.1. The summed E-state index contributed by atoms with van der Waals surface area (Å²) in [5.41, 5.74) is 18.3. The van der Waals surface area contributed by atoms with Crippen LogP contribution in [-0.2, 0) is 6.42 Å². The number of furan rings is 1. The molecule has 54 heavy (non-hydrogen) atoms. The van der Waals surface area contributed by atoms with Crippen molar-refractivity contribution in [3.05, 3.63) is 205 Å². The van der Waals surface area contributed by atoms with Gasteiger partial charge in [0.1, 0.15) is 17.0 Å². The highest BCUT2D eigenvalue weighted by molar-refractivity contribution is 7.27. The van der Waals surface area contributed by atoms with E-state index >= 15 is 0 Å². The Hall–Kier alpha value is -6.75. The van der Waals surface area contributed by atoms with Gasteiger partial charge in [-0.25, -0.2) is 0 Å². The second-order valence-electron chi connectivity index (χ2n) is 13.4. The zero-order valence-corrected chi connectivity index (χ0v) is 30.3. The molecule has 3 nitrogen and oxygen atoms in total. The number of amidine groups is 1. The summed E-state index contributed by atoms with van der Waals surface area (Å²) in [5, 5.41) is 12.9. The molecule has 0 unspecified atom stereocenters. The van der Waals surface area contributed by atoms with Gasteiger partial charge in [-0.15, -0.1) is 11.3 Å². The van der Waals surface area contributed by atoms with Gasteiger partial charge >= 0.3 is 0 Å². The number of nitrogens with one attached hydrogen (secondary N) is 1. The molecule has 0 aliphatic rings. The number of nitrogen functional groups attached to an aromatic ring is 1. The van der Waals surface area contributed by atoms with E-state index in [1.807, 2.05) is 30.3 Å². The van der Waals surface area contributed by atoms with E-state index in [1.165, 1.54) is 21.4 Å². The summed E-state index contributed by atoms with van der Waals surface area (Å²) < 4.78 is 8.54. The maximum atomic E-state index is 8.52. The lowest BCUT2D eigenvalue weighted by atomic mass is 9.92. The van der Waals surface area contributed by atoms with Gasteiger partial charge in [-0.2, -0.15) is 0 Å². The van der Waals surface area contributed by atoms with Crippen molar-refractivity contribution >= 4 is 59.3 Å². The van der Waals surface area contributed by atoms with Crippen LogP contribution in [0.15, 0.2) is 192 Å². The summed E-state index contributed by atoms with van der Waals surface area (Å²) in [5.74, 6) is 0.0691. The largest absolute Gasteiger partial charge is 0.456 e. The molecule has 0 aliphatic carbocycles. The van der Waals surface area contributed by atoms with Crippen LogP contribution in [0.5, 0.6) is 0 Å². The Kier molecular flexibility index (Phi) is 8.80. The number of para-hydroxylation sites is 1. The number of hydrogen-bond acceptors (Lipinski definition) is 3. The minimum atomic E-state index is 0.0691. The third kappa shape index (κ3) is 6.23. The fourth-order valence-corrected chi connectivity index (χ4v) is 8.85. The minimum absolute atomic E-state index is 0.0691. The molecular formula is C50H36N2OS. The quantitative estimate of drug-likeness (QED) is 0.133. The summed E-state index contributed by atoms with van der Waals surface area (Å²) in [7, 11) is 0. The molecule has 0 saturated heterocycles. The first-order valence-corrected chi connectivity index (χ1v) is 18.9. The van der Waals surface area contributed by atoms with Crippen LogP contribution < -0.4 is 5.73 Å². The maximum Gasteiger partial charge on any atom is 0.136 e. The van der Waals surface area contributed by atoms with Crippen LogP contribution in [0.4, 0.5) is 0 Å². The monoisotopic (exact) mass is 712 g/mol. The van der Waals surface area contributed by atoms with E-state index in [4.69, 9.17) is 15.6 Å². The first-order valence-electron chi connectivity index (χ1n) is 18.1. The fraction of sp³-hybridized carbons (Fsp3) is 0.0200. The lowest BCUT2D eigenvalue weighted by Gasteiger charge is -2.10. The van der Waals surface area contributed by atoms with Gasteiger partial charge in [0.15, 0.2) is 0 Å². The SMILES string of the molecule is N=C(N)c1ccc(-c2cccc3oc4ccccc4c23)c2sc3c(-c4ccccc4)cc(-c4ccccc4)cc3c12.c1ccc(Cc2ccccc2)cc1. The molecule has 0 aliphatic heterocycles. The van der Waals surface area contributed by atoms with Crippen molar-refractivity contribution in [2.45, 2.75) is 6.42 Å². The van der Waals surface area contributed by atoms with Crippen molar-refractivity contribution in [2.75, 3.05) is 0 Å². The molecule has 258 valence electrons. The van der Waals surface area contributed by atoms with Crippen molar-refractivity contribution in [1.29, 1.82) is 5.41 Å². The van der Waals surface area contributed by atoms with Gasteiger partial charge in [-0.3, -0.25) is 5.41 Å². The lowest BCUT2D eigenvalue weighted by Crippen LogP contribution is -2.11. The summed E-state index contributed by atoms with van der Waals surface area (Å²) >= 11 is 1.77. The fourth-order valence-electron chi connectivity index (χ4n) is 7.48. The van der Waals surface area contributed by atoms with Crippen molar-refractivity contribution in [3.63, 3.8) is 0 Å². The number of thiophene rings is 1. The van der Waals surface area contributed by atoms with E-state index in [2.05, 4.69) is 158 Å². The van der Waals surface area contributed by atoms with E-state index in [9.17, 15) is 0 Å². The van der Waals surface area contributed by atoms with Crippen LogP contribution in [-0.4, -0.2) is 5.84 Å². The Morgan fingerprint density at radius 3 is 1.72 bits per heavy atom. The van der Waals surface area contributed by atoms with Gasteiger partial charge < -0.3 is 10.2 Å². The molecule has 10 aromatic rings. The molecule has 3 N–H and O–H groups in total. The molecule has 2 heterocycles. The second kappa shape index (κ2) is 14.3. The molecule has 0 fully saturated rings. The van der Waals surface area contributed by atoms with Gasteiger partial charge in [-0.1, -0.05) is 158 Å². The number of rotatable bonds is 6. The predicted molar refractivity (Wildman–Crippen MR) is 230 cm³/mol. The van der Waals surface area contributed by atoms with Crippen LogP contribution in [0.25, 0.3) is 75.5 Å². The highest BCUT2D eigenvalue weighted by atomic mass is 32.1. The first-order chi connectivity index (χ1) is 26.6. The Bertz CT molecular complexity index is 2870. The molecule has 0 spiro atoms. The van der Waals surface area contributed by atoms with Gasteiger partial charge in [0.25, 0.3) is 0 Å². The smallest absolute Gasteiger partial charge is 0.136 e. The molecule has 0 amide bonds. The molecule has 10 rings (SSSR count). The van der Waals surface area contributed by atoms with Crippen molar-refractivity contribution in [1.82, 2.24) is 0 Å². The summed E-state index contributed by atoms with van der Waals surface area (Å²) in [4.78, 5) is 0. The van der Waals surface area contributed by atoms with E-state index in [0.717, 1.165) is 77.2 Å². The molecule has 0 bridgehead atoms.